The number of hydrogen-bond acceptors (Lipinski definition) is 4. The van der Waals surface area contributed by atoms with Gasteiger partial charge in [-0.25, -0.2) is 4.98 Å². The molecule has 20 heavy (non-hydrogen) atoms. The summed E-state index contributed by atoms with van der Waals surface area (Å²) < 4.78 is 5.02. The minimum Gasteiger partial charge on any atom is -0.383 e. The molecule has 2 rings (SSSR count). The first-order valence-corrected chi connectivity index (χ1v) is 7.56. The molecule has 1 aromatic carbocycles. The van der Waals surface area contributed by atoms with E-state index in [-0.39, 0.29) is 0 Å². The minimum atomic E-state index is 0.702. The zero-order valence-corrected chi connectivity index (χ0v) is 12.9. The first-order valence-electron chi connectivity index (χ1n) is 6.37. The van der Waals surface area contributed by atoms with Crippen LogP contribution in [0.2, 0.25) is 5.02 Å². The topological polar surface area (TPSA) is 34.1 Å². The molecule has 0 aliphatic heterocycles. The van der Waals surface area contributed by atoms with Crippen LogP contribution in [0.1, 0.15) is 5.56 Å². The van der Waals surface area contributed by atoms with Crippen LogP contribution >= 0.6 is 23.4 Å². The zero-order chi connectivity index (χ0) is 14.2. The second-order valence-corrected chi connectivity index (χ2v) is 5.61. The van der Waals surface area contributed by atoms with Gasteiger partial charge in [-0.05, 0) is 23.8 Å². The van der Waals surface area contributed by atoms with Gasteiger partial charge in [0.2, 0.25) is 0 Å². The van der Waals surface area contributed by atoms with Gasteiger partial charge >= 0.3 is 0 Å². The molecule has 0 radical (unpaired) electrons. The first kappa shape index (κ1) is 15.3. The molecule has 0 spiro atoms. The quantitative estimate of drug-likeness (QED) is 0.792. The Kier molecular flexibility index (Phi) is 6.33. The minimum absolute atomic E-state index is 0.702. The highest BCUT2D eigenvalue weighted by atomic mass is 35.5. The lowest BCUT2D eigenvalue weighted by atomic mass is 10.3. The second kappa shape index (κ2) is 8.27. The first-order chi connectivity index (χ1) is 9.81. The van der Waals surface area contributed by atoms with Crippen LogP contribution in [0.4, 0.5) is 0 Å². The van der Waals surface area contributed by atoms with Gasteiger partial charge in [-0.2, -0.15) is 0 Å². The maximum atomic E-state index is 6.19. The molecule has 106 valence electrons. The predicted octanol–water partition coefficient (Wildman–Crippen LogP) is 3.62. The molecular weight excluding hydrogens is 292 g/mol. The van der Waals surface area contributed by atoms with E-state index in [2.05, 4.69) is 16.4 Å². The number of pyridine rings is 1. The van der Waals surface area contributed by atoms with Gasteiger partial charge in [0.1, 0.15) is 5.03 Å². The van der Waals surface area contributed by atoms with Crippen molar-refractivity contribution in [1.29, 1.82) is 0 Å². The molecule has 0 aliphatic rings. The van der Waals surface area contributed by atoms with Crippen LogP contribution in [0.3, 0.4) is 0 Å². The molecule has 0 saturated carbocycles. The number of benzene rings is 1. The molecule has 3 nitrogen and oxygen atoms in total. The largest absolute Gasteiger partial charge is 0.383 e. The van der Waals surface area contributed by atoms with Crippen molar-refractivity contribution in [3.05, 3.63) is 53.2 Å². The highest BCUT2D eigenvalue weighted by molar-refractivity contribution is 7.99. The van der Waals surface area contributed by atoms with Gasteiger partial charge in [0.05, 0.1) is 11.6 Å². The van der Waals surface area contributed by atoms with Crippen molar-refractivity contribution >= 4 is 23.4 Å². The lowest BCUT2D eigenvalue weighted by molar-refractivity contribution is 0.199. The van der Waals surface area contributed by atoms with Gasteiger partial charge in [-0.15, -0.1) is 0 Å². The third-order valence-corrected chi connectivity index (χ3v) is 4.27. The molecule has 0 bridgehead atoms. The third kappa shape index (κ3) is 4.49. The van der Waals surface area contributed by atoms with Crippen molar-refractivity contribution in [2.24, 2.45) is 0 Å². The Bertz CT molecular complexity index is 551. The lowest BCUT2D eigenvalue weighted by Crippen LogP contribution is -2.19. The number of rotatable bonds is 7. The fraction of sp³-hybridized carbons (Fsp3) is 0.267. The van der Waals surface area contributed by atoms with Crippen LogP contribution in [0.5, 0.6) is 0 Å². The summed E-state index contributed by atoms with van der Waals surface area (Å²) >= 11 is 7.78. The molecule has 0 amide bonds. The van der Waals surface area contributed by atoms with E-state index >= 15 is 0 Å². The van der Waals surface area contributed by atoms with E-state index in [9.17, 15) is 0 Å². The Hall–Kier alpha value is -1.07. The SMILES string of the molecule is COCCNCc1cccnc1Sc1ccccc1Cl. The van der Waals surface area contributed by atoms with Crippen molar-refractivity contribution in [3.8, 4) is 0 Å². The maximum Gasteiger partial charge on any atom is 0.105 e. The zero-order valence-electron chi connectivity index (χ0n) is 11.3. The summed E-state index contributed by atoms with van der Waals surface area (Å²) in [6, 6.07) is 11.8. The predicted molar refractivity (Wildman–Crippen MR) is 83.4 cm³/mol. The number of methoxy groups -OCH3 is 1. The van der Waals surface area contributed by atoms with Crippen molar-refractivity contribution in [2.45, 2.75) is 16.5 Å². The van der Waals surface area contributed by atoms with Crippen LogP contribution in [0, 0.1) is 0 Å². The summed E-state index contributed by atoms with van der Waals surface area (Å²) in [7, 11) is 1.70. The van der Waals surface area contributed by atoms with Crippen LogP contribution in [-0.2, 0) is 11.3 Å². The summed E-state index contributed by atoms with van der Waals surface area (Å²) in [6.45, 7) is 2.29. The van der Waals surface area contributed by atoms with E-state index in [4.69, 9.17) is 16.3 Å². The summed E-state index contributed by atoms with van der Waals surface area (Å²) in [5, 5.41) is 5.06. The van der Waals surface area contributed by atoms with E-state index in [1.807, 2.05) is 30.3 Å². The Morgan fingerprint density at radius 1 is 1.25 bits per heavy atom. The van der Waals surface area contributed by atoms with E-state index < -0.39 is 0 Å². The van der Waals surface area contributed by atoms with Gasteiger partial charge in [0, 0.05) is 31.3 Å². The summed E-state index contributed by atoms with van der Waals surface area (Å²) in [5.41, 5.74) is 1.16. The average Bonchev–Trinajstić information content (AvgIpc) is 2.47. The summed E-state index contributed by atoms with van der Waals surface area (Å²) in [4.78, 5) is 5.47. The smallest absolute Gasteiger partial charge is 0.105 e. The number of halogens is 1. The fourth-order valence-corrected chi connectivity index (χ4v) is 2.84. The van der Waals surface area contributed by atoms with E-state index in [0.717, 1.165) is 33.6 Å². The fourth-order valence-electron chi connectivity index (χ4n) is 1.68. The Labute approximate surface area is 128 Å². The highest BCUT2D eigenvalue weighted by Crippen LogP contribution is 2.33. The highest BCUT2D eigenvalue weighted by Gasteiger charge is 2.07. The van der Waals surface area contributed by atoms with Crippen molar-refractivity contribution in [3.63, 3.8) is 0 Å². The maximum absolute atomic E-state index is 6.19. The summed E-state index contributed by atoms with van der Waals surface area (Å²) in [5.74, 6) is 0. The summed E-state index contributed by atoms with van der Waals surface area (Å²) in [6.07, 6.45) is 1.80. The van der Waals surface area contributed by atoms with Gasteiger partial charge in [0.15, 0.2) is 0 Å². The van der Waals surface area contributed by atoms with Crippen LogP contribution in [0.25, 0.3) is 0 Å². The monoisotopic (exact) mass is 308 g/mol. The Morgan fingerprint density at radius 2 is 2.10 bits per heavy atom. The third-order valence-electron chi connectivity index (χ3n) is 2.69. The number of nitrogens with zero attached hydrogens (tertiary/aromatic N) is 1. The molecule has 0 aliphatic carbocycles. The van der Waals surface area contributed by atoms with Gasteiger partial charge in [-0.3, -0.25) is 0 Å². The van der Waals surface area contributed by atoms with E-state index in [1.165, 1.54) is 0 Å². The molecule has 1 heterocycles. The van der Waals surface area contributed by atoms with Gasteiger partial charge in [0.25, 0.3) is 0 Å². The van der Waals surface area contributed by atoms with Crippen molar-refractivity contribution < 1.29 is 4.74 Å². The molecule has 1 aromatic heterocycles. The van der Waals surface area contributed by atoms with Crippen molar-refractivity contribution in [1.82, 2.24) is 10.3 Å². The molecule has 2 aromatic rings. The average molecular weight is 309 g/mol. The van der Waals surface area contributed by atoms with Gasteiger partial charge in [-0.1, -0.05) is 41.6 Å². The Morgan fingerprint density at radius 3 is 2.90 bits per heavy atom. The molecule has 1 N–H and O–H groups in total. The number of aromatic nitrogens is 1. The standard InChI is InChI=1S/C15H17ClN2OS/c1-19-10-9-17-11-12-5-4-8-18-15(12)20-14-7-3-2-6-13(14)16/h2-8,17H,9-11H2,1H3. The van der Waals surface area contributed by atoms with Crippen LogP contribution in [-0.4, -0.2) is 25.2 Å². The van der Waals surface area contributed by atoms with Crippen LogP contribution < -0.4 is 5.32 Å². The molecule has 0 fully saturated rings. The van der Waals surface area contributed by atoms with Gasteiger partial charge < -0.3 is 10.1 Å². The van der Waals surface area contributed by atoms with E-state index in [0.29, 0.717) is 6.61 Å². The molecule has 0 atom stereocenters. The molecule has 0 unspecified atom stereocenters. The normalized spacial score (nSPS) is 10.7. The molecular formula is C15H17ClN2OS. The van der Waals surface area contributed by atoms with Crippen LogP contribution in [0.15, 0.2) is 52.5 Å². The number of nitrogens with one attached hydrogen (secondary N) is 1. The number of ether oxygens (including phenoxy) is 1. The van der Waals surface area contributed by atoms with Crippen molar-refractivity contribution in [2.75, 3.05) is 20.3 Å². The lowest BCUT2D eigenvalue weighted by Gasteiger charge is -2.09. The Balaban J connectivity index is 2.06. The van der Waals surface area contributed by atoms with E-state index in [1.54, 1.807) is 25.1 Å². The second-order valence-electron chi connectivity index (χ2n) is 4.17. The molecule has 5 heteroatoms. The number of hydrogen-bond donors (Lipinski definition) is 1. The molecule has 0 saturated heterocycles.